The third kappa shape index (κ3) is 6.95. The van der Waals surface area contributed by atoms with Gasteiger partial charge in [0, 0.05) is 17.5 Å². The summed E-state index contributed by atoms with van der Waals surface area (Å²) in [7, 11) is 0. The second-order valence-electron chi connectivity index (χ2n) is 9.50. The Morgan fingerprint density at radius 2 is 1.49 bits per heavy atom. The fourth-order valence-electron chi connectivity index (χ4n) is 3.79. The summed E-state index contributed by atoms with van der Waals surface area (Å²) < 4.78 is 20.6. The van der Waals surface area contributed by atoms with Crippen molar-refractivity contribution < 1.29 is 59.2 Å². The van der Waals surface area contributed by atoms with Gasteiger partial charge in [-0.15, -0.1) is 0 Å². The van der Waals surface area contributed by atoms with Crippen molar-refractivity contribution in [3.8, 4) is 28.4 Å². The van der Waals surface area contributed by atoms with E-state index in [1.54, 1.807) is 32.0 Å². The fraction of sp³-hybridized carbons (Fsp3) is 0.440. The minimum absolute atomic E-state index is 0.0703. The Kier molecular flexibility index (Phi) is 7.84. The molecule has 0 atom stereocenters. The molecule has 1 aliphatic rings. The number of aliphatic hydroxyl groups is 6. The first-order valence-electron chi connectivity index (χ1n) is 11.4. The number of hydrogen-bond acceptors (Lipinski definition) is 12. The molecule has 37 heavy (non-hydrogen) atoms. The highest BCUT2D eigenvalue weighted by molar-refractivity contribution is 6.02. The van der Waals surface area contributed by atoms with E-state index >= 15 is 0 Å². The van der Waals surface area contributed by atoms with Crippen molar-refractivity contribution in [2.75, 3.05) is 6.61 Å². The van der Waals surface area contributed by atoms with E-state index in [2.05, 4.69) is 4.74 Å². The fourth-order valence-corrected chi connectivity index (χ4v) is 3.79. The molecule has 0 aliphatic heterocycles. The second-order valence-corrected chi connectivity index (χ2v) is 9.50. The lowest BCUT2D eigenvalue weighted by molar-refractivity contribution is -0.428. The average Bonchev–Trinajstić information content (AvgIpc) is 3.12. The van der Waals surface area contributed by atoms with Crippen LogP contribution in [0.1, 0.15) is 50.0 Å². The van der Waals surface area contributed by atoms with Crippen LogP contribution in [0.15, 0.2) is 30.3 Å². The standard InChI is InChI=1S/C25H30O12/c1-13(2)35-22(27)23(3,4)12-34-20-17(14-6-5-7-16-15(14)8-10-18(16)26)9-11-19(36-24(28,29)30)21(20)37-25(31,32)33/h5-7,9,11,13,28-33H,8,10,12H2,1-4H3. The Labute approximate surface area is 212 Å². The van der Waals surface area contributed by atoms with Crippen molar-refractivity contribution in [3.63, 3.8) is 0 Å². The van der Waals surface area contributed by atoms with Gasteiger partial charge in [0.05, 0.1) is 11.5 Å². The molecule has 1 aliphatic carbocycles. The molecule has 0 unspecified atom stereocenters. The van der Waals surface area contributed by atoms with E-state index < -0.39 is 41.3 Å². The number of ether oxygens (including phenoxy) is 4. The van der Waals surface area contributed by atoms with Crippen LogP contribution in [0.3, 0.4) is 0 Å². The average molecular weight is 523 g/mol. The monoisotopic (exact) mass is 522 g/mol. The van der Waals surface area contributed by atoms with Crippen molar-refractivity contribution in [1.82, 2.24) is 0 Å². The highest BCUT2D eigenvalue weighted by Crippen LogP contribution is 2.48. The normalized spacial score (nSPS) is 14.0. The first-order chi connectivity index (χ1) is 17.0. The zero-order chi connectivity index (χ0) is 27.8. The molecule has 2 aromatic carbocycles. The minimum Gasteiger partial charge on any atom is -0.488 e. The predicted molar refractivity (Wildman–Crippen MR) is 125 cm³/mol. The number of fused-ring (bicyclic) bond motifs is 1. The number of esters is 1. The highest BCUT2D eigenvalue weighted by Gasteiger charge is 2.36. The van der Waals surface area contributed by atoms with Gasteiger partial charge < -0.3 is 49.6 Å². The summed E-state index contributed by atoms with van der Waals surface area (Å²) in [6, 6.07) is 7.40. The summed E-state index contributed by atoms with van der Waals surface area (Å²) in [5, 5.41) is 56.7. The topological polar surface area (TPSA) is 192 Å². The predicted octanol–water partition coefficient (Wildman–Crippen LogP) is 0.773. The molecule has 0 amide bonds. The van der Waals surface area contributed by atoms with E-state index in [4.69, 9.17) is 14.2 Å². The van der Waals surface area contributed by atoms with E-state index in [0.29, 0.717) is 23.1 Å². The maximum atomic E-state index is 12.6. The van der Waals surface area contributed by atoms with Gasteiger partial charge in [-0.1, -0.05) is 18.2 Å². The molecule has 0 fully saturated rings. The molecule has 12 nitrogen and oxygen atoms in total. The smallest absolute Gasteiger partial charge is 0.453 e. The Morgan fingerprint density at radius 1 is 0.865 bits per heavy atom. The van der Waals surface area contributed by atoms with Crippen LogP contribution in [0.2, 0.25) is 0 Å². The van der Waals surface area contributed by atoms with E-state index in [-0.39, 0.29) is 30.1 Å². The maximum absolute atomic E-state index is 12.6. The number of benzene rings is 2. The second kappa shape index (κ2) is 10.2. The van der Waals surface area contributed by atoms with Gasteiger partial charge in [-0.05, 0) is 57.4 Å². The third-order valence-corrected chi connectivity index (χ3v) is 5.40. The lowest BCUT2D eigenvalue weighted by Crippen LogP contribution is -2.38. The first kappa shape index (κ1) is 28.3. The van der Waals surface area contributed by atoms with Crippen LogP contribution in [-0.2, 0) is 16.0 Å². The molecule has 6 N–H and O–H groups in total. The van der Waals surface area contributed by atoms with Gasteiger partial charge in [0.15, 0.2) is 17.3 Å². The van der Waals surface area contributed by atoms with Crippen LogP contribution in [0, 0.1) is 5.41 Å². The van der Waals surface area contributed by atoms with Crippen LogP contribution in [0.5, 0.6) is 17.2 Å². The Morgan fingerprint density at radius 3 is 2.08 bits per heavy atom. The van der Waals surface area contributed by atoms with Crippen molar-refractivity contribution in [2.24, 2.45) is 5.41 Å². The van der Waals surface area contributed by atoms with Gasteiger partial charge in [-0.2, -0.15) is 0 Å². The summed E-state index contributed by atoms with van der Waals surface area (Å²) in [6.45, 7) is 6.05. The van der Waals surface area contributed by atoms with Crippen molar-refractivity contribution in [1.29, 1.82) is 0 Å². The molecule has 3 rings (SSSR count). The van der Waals surface area contributed by atoms with Crippen LogP contribution in [0.25, 0.3) is 11.1 Å². The van der Waals surface area contributed by atoms with E-state index in [1.165, 1.54) is 19.9 Å². The quantitative estimate of drug-likeness (QED) is 0.190. The number of carbonyl (C=O) groups excluding carboxylic acids is 2. The Balaban J connectivity index is 2.20. The van der Waals surface area contributed by atoms with Gasteiger partial charge >= 0.3 is 18.3 Å². The zero-order valence-electron chi connectivity index (χ0n) is 20.7. The summed E-state index contributed by atoms with van der Waals surface area (Å²) in [6.07, 6.45) is -7.25. The van der Waals surface area contributed by atoms with Crippen LogP contribution in [0.4, 0.5) is 0 Å². The number of hydrogen-bond donors (Lipinski definition) is 6. The van der Waals surface area contributed by atoms with Crippen molar-refractivity contribution in [3.05, 3.63) is 41.5 Å². The van der Waals surface area contributed by atoms with Gasteiger partial charge in [-0.25, -0.2) is 0 Å². The molecule has 0 radical (unpaired) electrons. The number of rotatable bonds is 10. The van der Waals surface area contributed by atoms with Gasteiger partial charge in [0.25, 0.3) is 0 Å². The lowest BCUT2D eigenvalue weighted by Gasteiger charge is -2.28. The molecule has 0 spiro atoms. The minimum atomic E-state index is -3.79. The molecular weight excluding hydrogens is 492 g/mol. The Hall–Kier alpha value is -3.26. The molecular formula is C25H30O12. The molecule has 12 heteroatoms. The van der Waals surface area contributed by atoms with Gasteiger partial charge in [0.2, 0.25) is 5.75 Å². The van der Waals surface area contributed by atoms with Crippen molar-refractivity contribution in [2.45, 2.75) is 59.0 Å². The molecule has 0 saturated carbocycles. The highest BCUT2D eigenvalue weighted by atomic mass is 16.9. The van der Waals surface area contributed by atoms with Crippen LogP contribution >= 0.6 is 0 Å². The first-order valence-corrected chi connectivity index (χ1v) is 11.4. The molecule has 0 saturated heterocycles. The number of ketones is 1. The Bertz CT molecular complexity index is 1170. The number of Topliss-reactive ketones (excluding diaryl/α,β-unsaturated/α-hetero) is 1. The SMILES string of the molecule is CC(C)OC(=O)C(C)(C)COc1c(-c2cccc3c2CCC3=O)ccc(OC(O)(O)O)c1OC(O)(O)O. The third-order valence-electron chi connectivity index (χ3n) is 5.40. The van der Waals surface area contributed by atoms with Crippen LogP contribution in [-0.4, -0.2) is 67.4 Å². The van der Waals surface area contributed by atoms with Crippen LogP contribution < -0.4 is 14.2 Å². The molecule has 0 aromatic heterocycles. The van der Waals surface area contributed by atoms with Crippen molar-refractivity contribution >= 4 is 11.8 Å². The largest absolute Gasteiger partial charge is 0.488 e. The molecule has 202 valence electrons. The zero-order valence-corrected chi connectivity index (χ0v) is 20.7. The summed E-state index contributed by atoms with van der Waals surface area (Å²) >= 11 is 0. The summed E-state index contributed by atoms with van der Waals surface area (Å²) in [4.78, 5) is 24.9. The van der Waals surface area contributed by atoms with Gasteiger partial charge in [-0.3, -0.25) is 9.59 Å². The van der Waals surface area contributed by atoms with Gasteiger partial charge in [0.1, 0.15) is 6.61 Å². The lowest BCUT2D eigenvalue weighted by atomic mass is 9.94. The van der Waals surface area contributed by atoms with E-state index in [1.807, 2.05) is 0 Å². The molecule has 0 heterocycles. The molecule has 0 bridgehead atoms. The number of carbonyl (C=O) groups is 2. The summed E-state index contributed by atoms with van der Waals surface area (Å²) in [5.41, 5.74) is 0.603. The maximum Gasteiger partial charge on any atom is 0.453 e. The van der Waals surface area contributed by atoms with E-state index in [9.17, 15) is 40.2 Å². The van der Waals surface area contributed by atoms with E-state index in [0.717, 1.165) is 6.07 Å². The summed E-state index contributed by atoms with van der Waals surface area (Å²) in [5.74, 6) is -2.45. The molecule has 2 aromatic rings.